The second kappa shape index (κ2) is 6.20. The Morgan fingerprint density at radius 1 is 1.32 bits per heavy atom. The first-order valence-corrected chi connectivity index (χ1v) is 7.11. The van der Waals surface area contributed by atoms with Crippen molar-refractivity contribution in [2.24, 2.45) is 0 Å². The van der Waals surface area contributed by atoms with E-state index in [1.54, 1.807) is 0 Å². The van der Waals surface area contributed by atoms with E-state index in [-0.39, 0.29) is 5.91 Å². The standard InChI is InChI=1S/C16H24N2O/c1-12-4-5-14(13(2)10-12)11-18-9-8-15(17-3)6-7-16(18)19/h4-5,10,15,17H,6-9,11H2,1-3H3. The molecule has 1 aromatic carbocycles. The molecule has 1 unspecified atom stereocenters. The van der Waals surface area contributed by atoms with Crippen LogP contribution in [0.3, 0.4) is 0 Å². The lowest BCUT2D eigenvalue weighted by Gasteiger charge is -2.22. The third-order valence-electron chi connectivity index (χ3n) is 4.07. The van der Waals surface area contributed by atoms with E-state index in [0.717, 1.165) is 25.9 Å². The van der Waals surface area contributed by atoms with Gasteiger partial charge in [0.1, 0.15) is 0 Å². The number of nitrogens with zero attached hydrogens (tertiary/aromatic N) is 1. The number of carbonyl (C=O) groups excluding carboxylic acids is 1. The van der Waals surface area contributed by atoms with E-state index < -0.39 is 0 Å². The molecule has 1 fully saturated rings. The molecule has 0 aromatic heterocycles. The van der Waals surface area contributed by atoms with Crippen molar-refractivity contribution in [1.82, 2.24) is 10.2 Å². The van der Waals surface area contributed by atoms with Gasteiger partial charge in [0.15, 0.2) is 0 Å². The first-order chi connectivity index (χ1) is 9.10. The molecule has 0 spiro atoms. The average molecular weight is 260 g/mol. The van der Waals surface area contributed by atoms with Crippen LogP contribution in [-0.2, 0) is 11.3 Å². The van der Waals surface area contributed by atoms with Crippen LogP contribution in [-0.4, -0.2) is 30.4 Å². The molecule has 1 aromatic rings. The molecule has 104 valence electrons. The predicted octanol–water partition coefficient (Wildman–Crippen LogP) is 2.40. The van der Waals surface area contributed by atoms with Gasteiger partial charge in [0, 0.05) is 25.6 Å². The summed E-state index contributed by atoms with van der Waals surface area (Å²) >= 11 is 0. The number of rotatable bonds is 3. The van der Waals surface area contributed by atoms with Gasteiger partial charge in [0.05, 0.1) is 0 Å². The molecule has 3 heteroatoms. The summed E-state index contributed by atoms with van der Waals surface area (Å²) in [5.74, 6) is 0.290. The molecule has 2 rings (SSSR count). The summed E-state index contributed by atoms with van der Waals surface area (Å²) in [5, 5.41) is 3.29. The summed E-state index contributed by atoms with van der Waals surface area (Å²) in [4.78, 5) is 14.2. The van der Waals surface area contributed by atoms with Crippen molar-refractivity contribution in [3.05, 3.63) is 34.9 Å². The summed E-state index contributed by atoms with van der Waals surface area (Å²) in [7, 11) is 1.98. The highest BCUT2D eigenvalue weighted by Crippen LogP contribution is 2.18. The number of hydrogen-bond donors (Lipinski definition) is 1. The Morgan fingerprint density at radius 2 is 2.11 bits per heavy atom. The van der Waals surface area contributed by atoms with E-state index in [4.69, 9.17) is 0 Å². The number of hydrogen-bond acceptors (Lipinski definition) is 2. The zero-order valence-electron chi connectivity index (χ0n) is 12.2. The van der Waals surface area contributed by atoms with Gasteiger partial charge in [0.25, 0.3) is 0 Å². The molecule has 1 atom stereocenters. The highest BCUT2D eigenvalue weighted by molar-refractivity contribution is 5.76. The lowest BCUT2D eigenvalue weighted by atomic mass is 10.1. The van der Waals surface area contributed by atoms with Crippen molar-refractivity contribution >= 4 is 5.91 Å². The van der Waals surface area contributed by atoms with Crippen LogP contribution < -0.4 is 5.32 Å². The number of benzene rings is 1. The lowest BCUT2D eigenvalue weighted by molar-refractivity contribution is -0.131. The number of likely N-dealkylation sites (tertiary alicyclic amines) is 1. The molecule has 3 nitrogen and oxygen atoms in total. The third-order valence-corrected chi connectivity index (χ3v) is 4.07. The molecular weight excluding hydrogens is 236 g/mol. The first kappa shape index (κ1) is 14.1. The Labute approximate surface area is 116 Å². The Balaban J connectivity index is 2.07. The van der Waals surface area contributed by atoms with Crippen molar-refractivity contribution in [1.29, 1.82) is 0 Å². The van der Waals surface area contributed by atoms with Gasteiger partial charge in [-0.15, -0.1) is 0 Å². The molecule has 1 aliphatic heterocycles. The maximum Gasteiger partial charge on any atom is 0.222 e. The van der Waals surface area contributed by atoms with Crippen molar-refractivity contribution < 1.29 is 4.79 Å². The topological polar surface area (TPSA) is 32.3 Å². The molecule has 0 saturated carbocycles. The summed E-state index contributed by atoms with van der Waals surface area (Å²) < 4.78 is 0. The van der Waals surface area contributed by atoms with Crippen LogP contribution in [0.4, 0.5) is 0 Å². The Hall–Kier alpha value is -1.35. The summed E-state index contributed by atoms with van der Waals surface area (Å²) in [6.45, 7) is 5.84. The summed E-state index contributed by atoms with van der Waals surface area (Å²) in [6.07, 6.45) is 2.67. The predicted molar refractivity (Wildman–Crippen MR) is 78.0 cm³/mol. The molecule has 1 aliphatic rings. The van der Waals surface area contributed by atoms with Gasteiger partial charge in [-0.25, -0.2) is 0 Å². The summed E-state index contributed by atoms with van der Waals surface area (Å²) in [6, 6.07) is 6.95. The SMILES string of the molecule is CNC1CCC(=O)N(Cc2ccc(C)cc2C)CC1. The van der Waals surface area contributed by atoms with E-state index in [2.05, 4.69) is 37.4 Å². The molecule has 1 heterocycles. The number of nitrogens with one attached hydrogen (secondary N) is 1. The molecule has 0 bridgehead atoms. The Bertz CT molecular complexity index is 456. The second-order valence-electron chi connectivity index (χ2n) is 5.56. The largest absolute Gasteiger partial charge is 0.338 e. The highest BCUT2D eigenvalue weighted by atomic mass is 16.2. The van der Waals surface area contributed by atoms with Crippen LogP contribution >= 0.6 is 0 Å². The van der Waals surface area contributed by atoms with Crippen LogP contribution in [0.15, 0.2) is 18.2 Å². The Kier molecular flexibility index (Phi) is 4.59. The number of aryl methyl sites for hydroxylation is 2. The highest BCUT2D eigenvalue weighted by Gasteiger charge is 2.21. The molecule has 1 saturated heterocycles. The average Bonchev–Trinajstić information content (AvgIpc) is 2.56. The molecule has 0 radical (unpaired) electrons. The van der Waals surface area contributed by atoms with Crippen molar-refractivity contribution in [3.8, 4) is 0 Å². The van der Waals surface area contributed by atoms with Crippen LogP contribution in [0.25, 0.3) is 0 Å². The number of carbonyl (C=O) groups is 1. The van der Waals surface area contributed by atoms with Crippen molar-refractivity contribution in [3.63, 3.8) is 0 Å². The Morgan fingerprint density at radius 3 is 2.79 bits per heavy atom. The van der Waals surface area contributed by atoms with Gasteiger partial charge >= 0.3 is 0 Å². The van der Waals surface area contributed by atoms with E-state index >= 15 is 0 Å². The van der Waals surface area contributed by atoms with Gasteiger partial charge in [-0.3, -0.25) is 4.79 Å². The van der Waals surface area contributed by atoms with Gasteiger partial charge in [-0.1, -0.05) is 23.8 Å². The van der Waals surface area contributed by atoms with Gasteiger partial charge in [-0.2, -0.15) is 0 Å². The maximum absolute atomic E-state index is 12.2. The van der Waals surface area contributed by atoms with Gasteiger partial charge < -0.3 is 10.2 Å². The minimum atomic E-state index is 0.290. The number of amides is 1. The van der Waals surface area contributed by atoms with Gasteiger partial charge in [0.2, 0.25) is 5.91 Å². The fraction of sp³-hybridized carbons (Fsp3) is 0.562. The zero-order chi connectivity index (χ0) is 13.8. The van der Waals surface area contributed by atoms with Crippen molar-refractivity contribution in [2.75, 3.05) is 13.6 Å². The molecule has 1 amide bonds. The van der Waals surface area contributed by atoms with Crippen LogP contribution in [0.2, 0.25) is 0 Å². The van der Waals surface area contributed by atoms with E-state index in [0.29, 0.717) is 12.5 Å². The van der Waals surface area contributed by atoms with Crippen LogP contribution in [0, 0.1) is 13.8 Å². The first-order valence-electron chi connectivity index (χ1n) is 7.11. The normalized spacial score (nSPS) is 20.5. The molecular formula is C16H24N2O. The lowest BCUT2D eigenvalue weighted by Crippen LogP contribution is -2.31. The van der Waals surface area contributed by atoms with Crippen LogP contribution in [0.5, 0.6) is 0 Å². The molecule has 1 N–H and O–H groups in total. The minimum Gasteiger partial charge on any atom is -0.338 e. The second-order valence-corrected chi connectivity index (χ2v) is 5.56. The fourth-order valence-corrected chi connectivity index (χ4v) is 2.72. The smallest absolute Gasteiger partial charge is 0.222 e. The fourth-order valence-electron chi connectivity index (χ4n) is 2.72. The van der Waals surface area contributed by atoms with E-state index in [9.17, 15) is 4.79 Å². The molecule has 0 aliphatic carbocycles. The third kappa shape index (κ3) is 3.57. The van der Waals surface area contributed by atoms with Crippen LogP contribution in [0.1, 0.15) is 36.0 Å². The van der Waals surface area contributed by atoms with Crippen molar-refractivity contribution in [2.45, 2.75) is 45.7 Å². The summed E-state index contributed by atoms with van der Waals surface area (Å²) in [5.41, 5.74) is 3.82. The van der Waals surface area contributed by atoms with E-state index in [1.807, 2.05) is 11.9 Å². The monoisotopic (exact) mass is 260 g/mol. The minimum absolute atomic E-state index is 0.290. The zero-order valence-corrected chi connectivity index (χ0v) is 12.2. The maximum atomic E-state index is 12.2. The van der Waals surface area contributed by atoms with Gasteiger partial charge in [-0.05, 0) is 44.9 Å². The quantitative estimate of drug-likeness (QED) is 0.905. The molecule has 19 heavy (non-hydrogen) atoms. The van der Waals surface area contributed by atoms with E-state index in [1.165, 1.54) is 16.7 Å².